The van der Waals surface area contributed by atoms with Crippen molar-refractivity contribution in [1.29, 1.82) is 0 Å². The van der Waals surface area contributed by atoms with E-state index in [0.29, 0.717) is 17.6 Å². The molecule has 1 aromatic carbocycles. The van der Waals surface area contributed by atoms with Crippen LogP contribution in [0.25, 0.3) is 0 Å². The van der Waals surface area contributed by atoms with E-state index in [9.17, 15) is 5.11 Å². The fourth-order valence-electron chi connectivity index (χ4n) is 4.14. The number of aryl methyl sites for hydroxylation is 1. The number of fused-ring (bicyclic) bond motifs is 3. The normalized spacial score (nSPS) is 32.9. The third-order valence-corrected chi connectivity index (χ3v) is 5.22. The minimum absolute atomic E-state index is 0.0482. The second-order valence-electron chi connectivity index (χ2n) is 6.82. The van der Waals surface area contributed by atoms with Crippen molar-refractivity contribution in [2.75, 3.05) is 0 Å². The first-order chi connectivity index (χ1) is 8.94. The maximum atomic E-state index is 9.81. The first-order valence-corrected chi connectivity index (χ1v) is 7.46. The molecule has 0 aromatic heterocycles. The van der Waals surface area contributed by atoms with E-state index in [1.54, 1.807) is 6.07 Å². The molecule has 3 rings (SSSR count). The van der Waals surface area contributed by atoms with Gasteiger partial charge in [-0.15, -0.1) is 0 Å². The lowest BCUT2D eigenvalue weighted by molar-refractivity contribution is -0.0187. The summed E-state index contributed by atoms with van der Waals surface area (Å²) in [5, 5.41) is 9.81. The number of aromatic hydroxyl groups is 1. The maximum Gasteiger partial charge on any atom is 0.127 e. The predicted molar refractivity (Wildman–Crippen MR) is 76.8 cm³/mol. The molecule has 1 aliphatic heterocycles. The summed E-state index contributed by atoms with van der Waals surface area (Å²) in [6, 6.07) is 3.67. The Morgan fingerprint density at radius 3 is 2.79 bits per heavy atom. The summed E-state index contributed by atoms with van der Waals surface area (Å²) >= 11 is 0. The predicted octanol–water partition coefficient (Wildman–Crippen LogP) is 4.39. The van der Waals surface area contributed by atoms with E-state index in [1.807, 2.05) is 6.07 Å². The van der Waals surface area contributed by atoms with Gasteiger partial charge in [0.15, 0.2) is 0 Å². The topological polar surface area (TPSA) is 29.5 Å². The Labute approximate surface area is 115 Å². The standard InChI is InChI=1S/C17H24O2/c1-10(2)17-6-5-11(3)7-14(17)16-12(4)8-13(18)9-15(16)19-17/h8-11,14,18H,5-7H2,1-4H3/t11-,14+,17-/m1/s1. The van der Waals surface area contributed by atoms with Crippen LogP contribution in [0.4, 0.5) is 0 Å². The molecule has 2 aliphatic rings. The fourth-order valence-corrected chi connectivity index (χ4v) is 4.14. The van der Waals surface area contributed by atoms with Crippen molar-refractivity contribution in [3.8, 4) is 11.5 Å². The molecule has 0 bridgehead atoms. The third kappa shape index (κ3) is 1.76. The van der Waals surface area contributed by atoms with Gasteiger partial charge in [0.05, 0.1) is 0 Å². The van der Waals surface area contributed by atoms with Crippen LogP contribution in [0.2, 0.25) is 0 Å². The molecule has 0 saturated heterocycles. The van der Waals surface area contributed by atoms with E-state index >= 15 is 0 Å². The van der Waals surface area contributed by atoms with E-state index < -0.39 is 0 Å². The molecule has 3 atom stereocenters. The second-order valence-corrected chi connectivity index (χ2v) is 6.82. The quantitative estimate of drug-likeness (QED) is 0.811. The molecule has 1 saturated carbocycles. The highest BCUT2D eigenvalue weighted by molar-refractivity contribution is 5.52. The van der Waals surface area contributed by atoms with E-state index in [1.165, 1.54) is 24.0 Å². The highest BCUT2D eigenvalue weighted by Gasteiger charge is 2.53. The van der Waals surface area contributed by atoms with Crippen LogP contribution >= 0.6 is 0 Å². The van der Waals surface area contributed by atoms with E-state index in [4.69, 9.17) is 4.74 Å². The molecule has 1 fully saturated rings. The highest BCUT2D eigenvalue weighted by Crippen LogP contribution is 2.57. The van der Waals surface area contributed by atoms with Gasteiger partial charge in [0.2, 0.25) is 0 Å². The molecular formula is C17H24O2. The average Bonchev–Trinajstić information content (AvgIpc) is 2.63. The number of benzene rings is 1. The lowest BCUT2D eigenvalue weighted by atomic mass is 9.65. The molecule has 2 heteroatoms. The molecule has 1 heterocycles. The highest BCUT2D eigenvalue weighted by atomic mass is 16.5. The molecule has 1 aliphatic carbocycles. The monoisotopic (exact) mass is 260 g/mol. The Morgan fingerprint density at radius 2 is 2.11 bits per heavy atom. The van der Waals surface area contributed by atoms with E-state index in [2.05, 4.69) is 27.7 Å². The van der Waals surface area contributed by atoms with E-state index in [0.717, 1.165) is 18.1 Å². The Morgan fingerprint density at radius 1 is 1.37 bits per heavy atom. The van der Waals surface area contributed by atoms with Crippen molar-refractivity contribution in [2.45, 2.75) is 58.5 Å². The number of phenolic OH excluding ortho intramolecular Hbond substituents is 1. The molecule has 1 N–H and O–H groups in total. The maximum absolute atomic E-state index is 9.81. The van der Waals surface area contributed by atoms with Gasteiger partial charge in [0.25, 0.3) is 0 Å². The van der Waals surface area contributed by atoms with Crippen molar-refractivity contribution in [3.05, 3.63) is 23.3 Å². The van der Waals surface area contributed by atoms with Gasteiger partial charge in [0.1, 0.15) is 17.1 Å². The largest absolute Gasteiger partial charge is 0.508 e. The van der Waals surface area contributed by atoms with Crippen LogP contribution in [0.15, 0.2) is 12.1 Å². The number of ether oxygens (including phenoxy) is 1. The Bertz CT molecular complexity index is 506. The van der Waals surface area contributed by atoms with Crippen molar-refractivity contribution < 1.29 is 9.84 Å². The zero-order valence-corrected chi connectivity index (χ0v) is 12.4. The zero-order valence-electron chi connectivity index (χ0n) is 12.4. The molecule has 0 spiro atoms. The Kier molecular flexibility index (Phi) is 2.81. The molecular weight excluding hydrogens is 236 g/mol. The second kappa shape index (κ2) is 4.16. The van der Waals surface area contributed by atoms with Crippen molar-refractivity contribution in [2.24, 2.45) is 11.8 Å². The molecule has 0 unspecified atom stereocenters. The van der Waals surface area contributed by atoms with Crippen LogP contribution in [0.3, 0.4) is 0 Å². The van der Waals surface area contributed by atoms with Gasteiger partial charge in [-0.3, -0.25) is 0 Å². The zero-order chi connectivity index (χ0) is 13.8. The molecule has 104 valence electrons. The van der Waals surface area contributed by atoms with Gasteiger partial charge in [-0.2, -0.15) is 0 Å². The number of rotatable bonds is 1. The smallest absolute Gasteiger partial charge is 0.127 e. The molecule has 19 heavy (non-hydrogen) atoms. The Balaban J connectivity index is 2.13. The molecule has 2 nitrogen and oxygen atoms in total. The van der Waals surface area contributed by atoms with Gasteiger partial charge in [-0.05, 0) is 49.7 Å². The first-order valence-electron chi connectivity index (χ1n) is 7.46. The van der Waals surface area contributed by atoms with Crippen LogP contribution in [0.5, 0.6) is 11.5 Å². The molecule has 1 aromatic rings. The third-order valence-electron chi connectivity index (χ3n) is 5.22. The van der Waals surface area contributed by atoms with Crippen molar-refractivity contribution in [3.63, 3.8) is 0 Å². The summed E-state index contributed by atoms with van der Waals surface area (Å²) in [6.45, 7) is 8.98. The number of phenols is 1. The lowest BCUT2D eigenvalue weighted by Crippen LogP contribution is -2.46. The minimum Gasteiger partial charge on any atom is -0.508 e. The fraction of sp³-hybridized carbons (Fsp3) is 0.647. The van der Waals surface area contributed by atoms with Gasteiger partial charge < -0.3 is 9.84 Å². The van der Waals surface area contributed by atoms with Gasteiger partial charge in [-0.1, -0.05) is 20.8 Å². The molecule has 0 radical (unpaired) electrons. The average molecular weight is 260 g/mol. The summed E-state index contributed by atoms with van der Waals surface area (Å²) in [5.41, 5.74) is 2.47. The van der Waals surface area contributed by atoms with E-state index in [-0.39, 0.29) is 5.60 Å². The van der Waals surface area contributed by atoms with Crippen LogP contribution in [0.1, 0.15) is 57.1 Å². The molecule has 0 amide bonds. The minimum atomic E-state index is -0.0482. The summed E-state index contributed by atoms with van der Waals surface area (Å²) in [5.74, 6) is 3.00. The van der Waals surface area contributed by atoms with Crippen LogP contribution < -0.4 is 4.74 Å². The summed E-state index contributed by atoms with van der Waals surface area (Å²) in [6.07, 6.45) is 3.58. The summed E-state index contributed by atoms with van der Waals surface area (Å²) in [7, 11) is 0. The SMILES string of the molecule is Cc1cc(O)cc2c1[C@@H]1C[C@H](C)CC[C@]1(C(C)C)O2. The van der Waals surface area contributed by atoms with Crippen LogP contribution in [0, 0.1) is 18.8 Å². The summed E-state index contributed by atoms with van der Waals surface area (Å²) < 4.78 is 6.41. The van der Waals surface area contributed by atoms with Crippen LogP contribution in [-0.4, -0.2) is 10.7 Å². The Hall–Kier alpha value is -1.18. The van der Waals surface area contributed by atoms with Gasteiger partial charge in [0, 0.05) is 17.5 Å². The lowest BCUT2D eigenvalue weighted by Gasteiger charge is -2.43. The van der Waals surface area contributed by atoms with Crippen LogP contribution in [-0.2, 0) is 0 Å². The number of hydrogen-bond acceptors (Lipinski definition) is 2. The van der Waals surface area contributed by atoms with Gasteiger partial charge >= 0.3 is 0 Å². The van der Waals surface area contributed by atoms with Gasteiger partial charge in [-0.25, -0.2) is 0 Å². The van der Waals surface area contributed by atoms with Crippen molar-refractivity contribution in [1.82, 2.24) is 0 Å². The summed E-state index contributed by atoms with van der Waals surface area (Å²) in [4.78, 5) is 0. The first kappa shape index (κ1) is 12.8. The number of hydrogen-bond donors (Lipinski definition) is 1. The van der Waals surface area contributed by atoms with Crippen molar-refractivity contribution >= 4 is 0 Å².